The van der Waals surface area contributed by atoms with Crippen LogP contribution in [-0.4, -0.2) is 30.8 Å². The molecule has 0 saturated heterocycles. The number of ether oxygens (including phenoxy) is 2. The van der Waals surface area contributed by atoms with Gasteiger partial charge in [0.25, 0.3) is 5.91 Å². The van der Waals surface area contributed by atoms with E-state index in [9.17, 15) is 9.18 Å². The minimum atomic E-state index is -0.329. The molecule has 0 aliphatic heterocycles. The zero-order valence-corrected chi connectivity index (χ0v) is 17.0. The Balaban J connectivity index is 1.93. The van der Waals surface area contributed by atoms with Gasteiger partial charge in [-0.25, -0.2) is 4.39 Å². The standard InChI is InChI=1S/C21H23FN2O3S/c1-4-27-11-10-24-20-16(22)6-5-7-18(20)28-21(24)23-19(25)13-15-8-9-17(26-3)14(2)12-15/h5-9,12H,4,10-11,13H2,1-3H3. The van der Waals surface area contributed by atoms with Crippen LogP contribution >= 0.6 is 11.3 Å². The molecule has 1 heterocycles. The summed E-state index contributed by atoms with van der Waals surface area (Å²) in [5.74, 6) is 0.175. The third kappa shape index (κ3) is 4.48. The number of thiazole rings is 1. The maximum absolute atomic E-state index is 14.4. The number of fused-ring (bicyclic) bond motifs is 1. The van der Waals surface area contributed by atoms with Crippen LogP contribution in [-0.2, 0) is 22.5 Å². The first-order valence-electron chi connectivity index (χ1n) is 9.10. The molecule has 1 amide bonds. The van der Waals surface area contributed by atoms with E-state index < -0.39 is 0 Å². The third-order valence-electron chi connectivity index (χ3n) is 4.35. The van der Waals surface area contributed by atoms with Crippen molar-refractivity contribution in [2.45, 2.75) is 26.8 Å². The first-order valence-corrected chi connectivity index (χ1v) is 9.91. The van der Waals surface area contributed by atoms with Crippen molar-refractivity contribution in [3.63, 3.8) is 0 Å². The van der Waals surface area contributed by atoms with Crippen LogP contribution in [0, 0.1) is 12.7 Å². The van der Waals surface area contributed by atoms with Gasteiger partial charge >= 0.3 is 0 Å². The van der Waals surface area contributed by atoms with E-state index in [0.717, 1.165) is 21.6 Å². The lowest BCUT2D eigenvalue weighted by Crippen LogP contribution is -2.20. The molecule has 0 unspecified atom stereocenters. The van der Waals surface area contributed by atoms with Gasteiger partial charge in [-0.15, -0.1) is 0 Å². The molecule has 0 bridgehead atoms. The minimum absolute atomic E-state index is 0.174. The number of carbonyl (C=O) groups is 1. The second-order valence-electron chi connectivity index (χ2n) is 6.31. The van der Waals surface area contributed by atoms with Crippen molar-refractivity contribution >= 4 is 27.5 Å². The molecule has 28 heavy (non-hydrogen) atoms. The lowest BCUT2D eigenvalue weighted by atomic mass is 10.1. The van der Waals surface area contributed by atoms with Gasteiger partial charge in [0.05, 0.1) is 30.4 Å². The van der Waals surface area contributed by atoms with Crippen molar-refractivity contribution in [2.24, 2.45) is 4.99 Å². The number of para-hydroxylation sites is 1. The molecule has 1 aromatic heterocycles. The van der Waals surface area contributed by atoms with Gasteiger partial charge in [-0.05, 0) is 43.2 Å². The number of benzene rings is 2. The molecule has 0 aliphatic rings. The van der Waals surface area contributed by atoms with E-state index in [0.29, 0.717) is 30.1 Å². The second kappa shape index (κ2) is 9.12. The van der Waals surface area contributed by atoms with Gasteiger partial charge < -0.3 is 14.0 Å². The Labute approximate surface area is 167 Å². The van der Waals surface area contributed by atoms with Gasteiger partial charge in [0.1, 0.15) is 11.6 Å². The number of amides is 1. The Morgan fingerprint density at radius 1 is 1.29 bits per heavy atom. The summed E-state index contributed by atoms with van der Waals surface area (Å²) >= 11 is 1.30. The first-order chi connectivity index (χ1) is 13.5. The predicted molar refractivity (Wildman–Crippen MR) is 108 cm³/mol. The van der Waals surface area contributed by atoms with Crippen LogP contribution in [0.15, 0.2) is 41.4 Å². The fourth-order valence-corrected chi connectivity index (χ4v) is 4.14. The van der Waals surface area contributed by atoms with E-state index in [1.807, 2.05) is 38.1 Å². The number of halogens is 1. The SMILES string of the molecule is CCOCCn1c(=NC(=O)Cc2ccc(OC)c(C)c2)sc2cccc(F)c21. The lowest BCUT2D eigenvalue weighted by Gasteiger charge is -2.07. The van der Waals surface area contributed by atoms with E-state index in [1.54, 1.807) is 17.7 Å². The molecule has 0 saturated carbocycles. The van der Waals surface area contributed by atoms with Crippen molar-refractivity contribution in [3.8, 4) is 5.75 Å². The van der Waals surface area contributed by atoms with Gasteiger partial charge in [0, 0.05) is 13.2 Å². The van der Waals surface area contributed by atoms with Crippen LogP contribution in [0.4, 0.5) is 4.39 Å². The molecule has 5 nitrogen and oxygen atoms in total. The zero-order valence-electron chi connectivity index (χ0n) is 16.2. The Morgan fingerprint density at radius 3 is 2.82 bits per heavy atom. The van der Waals surface area contributed by atoms with E-state index in [1.165, 1.54) is 17.4 Å². The quantitative estimate of drug-likeness (QED) is 0.564. The van der Waals surface area contributed by atoms with Gasteiger partial charge in [-0.3, -0.25) is 4.79 Å². The second-order valence-corrected chi connectivity index (χ2v) is 7.32. The van der Waals surface area contributed by atoms with Gasteiger partial charge in [0.2, 0.25) is 0 Å². The molecule has 0 spiro atoms. The van der Waals surface area contributed by atoms with E-state index in [2.05, 4.69) is 4.99 Å². The van der Waals surface area contributed by atoms with Crippen molar-refractivity contribution in [2.75, 3.05) is 20.3 Å². The van der Waals surface area contributed by atoms with Crippen LogP contribution in [0.2, 0.25) is 0 Å². The summed E-state index contributed by atoms with van der Waals surface area (Å²) in [6, 6.07) is 10.5. The number of hydrogen-bond donors (Lipinski definition) is 0. The highest BCUT2D eigenvalue weighted by Crippen LogP contribution is 2.21. The highest BCUT2D eigenvalue weighted by atomic mass is 32.1. The number of carbonyl (C=O) groups excluding carboxylic acids is 1. The summed E-state index contributed by atoms with van der Waals surface area (Å²) in [5.41, 5.74) is 2.28. The number of aromatic nitrogens is 1. The first kappa shape index (κ1) is 20.2. The largest absolute Gasteiger partial charge is 0.496 e. The number of aryl methyl sites for hydroxylation is 1. The van der Waals surface area contributed by atoms with Crippen LogP contribution in [0.3, 0.4) is 0 Å². The molecule has 0 N–H and O–H groups in total. The fraction of sp³-hybridized carbons (Fsp3) is 0.333. The molecule has 148 valence electrons. The molecule has 0 fully saturated rings. The fourth-order valence-electron chi connectivity index (χ4n) is 3.05. The Morgan fingerprint density at radius 2 is 2.11 bits per heavy atom. The van der Waals surface area contributed by atoms with Crippen LogP contribution in [0.1, 0.15) is 18.1 Å². The van der Waals surface area contributed by atoms with E-state index >= 15 is 0 Å². The molecule has 3 aromatic rings. The lowest BCUT2D eigenvalue weighted by molar-refractivity contribution is -0.117. The molecule has 0 atom stereocenters. The average molecular weight is 402 g/mol. The minimum Gasteiger partial charge on any atom is -0.496 e. The summed E-state index contributed by atoms with van der Waals surface area (Å²) in [6.07, 6.45) is 0.174. The Bertz CT molecular complexity index is 1060. The van der Waals surface area contributed by atoms with Gasteiger partial charge in [-0.2, -0.15) is 4.99 Å². The number of hydrogen-bond acceptors (Lipinski definition) is 4. The van der Waals surface area contributed by atoms with Crippen molar-refractivity contribution in [1.29, 1.82) is 0 Å². The van der Waals surface area contributed by atoms with Crippen molar-refractivity contribution in [3.05, 3.63) is 58.1 Å². The summed E-state index contributed by atoms with van der Waals surface area (Å²) in [4.78, 5) is 17.3. The maximum atomic E-state index is 14.4. The summed E-state index contributed by atoms with van der Waals surface area (Å²) in [6.45, 7) is 5.27. The third-order valence-corrected chi connectivity index (χ3v) is 5.39. The average Bonchev–Trinajstić information content (AvgIpc) is 3.00. The molecular weight excluding hydrogens is 379 g/mol. The van der Waals surface area contributed by atoms with E-state index in [-0.39, 0.29) is 18.1 Å². The predicted octanol–water partition coefficient (Wildman–Crippen LogP) is 3.87. The van der Waals surface area contributed by atoms with Crippen LogP contribution in [0.25, 0.3) is 10.2 Å². The Hall–Kier alpha value is -2.51. The topological polar surface area (TPSA) is 52.8 Å². The molecule has 0 aliphatic carbocycles. The van der Waals surface area contributed by atoms with Crippen molar-refractivity contribution < 1.29 is 18.7 Å². The number of nitrogens with zero attached hydrogens (tertiary/aromatic N) is 2. The molecular formula is C21H23FN2O3S. The molecule has 3 rings (SSSR count). The molecule has 0 radical (unpaired) electrons. The van der Waals surface area contributed by atoms with Crippen molar-refractivity contribution in [1.82, 2.24) is 4.57 Å². The van der Waals surface area contributed by atoms with E-state index in [4.69, 9.17) is 9.47 Å². The summed E-state index contributed by atoms with van der Waals surface area (Å²) in [7, 11) is 1.62. The Kier molecular flexibility index (Phi) is 6.59. The maximum Gasteiger partial charge on any atom is 0.252 e. The zero-order chi connectivity index (χ0) is 20.1. The van der Waals surface area contributed by atoms with Gasteiger partial charge in [-0.1, -0.05) is 29.5 Å². The monoisotopic (exact) mass is 402 g/mol. The van der Waals surface area contributed by atoms with Gasteiger partial charge in [0.15, 0.2) is 4.80 Å². The summed E-state index contributed by atoms with van der Waals surface area (Å²) < 4.78 is 27.5. The molecule has 7 heteroatoms. The number of rotatable bonds is 7. The highest BCUT2D eigenvalue weighted by molar-refractivity contribution is 7.16. The van der Waals surface area contributed by atoms with Crippen LogP contribution < -0.4 is 9.54 Å². The normalized spacial score (nSPS) is 11.9. The summed E-state index contributed by atoms with van der Waals surface area (Å²) in [5, 5.41) is 0. The molecule has 2 aromatic carbocycles. The number of methoxy groups -OCH3 is 1. The highest BCUT2D eigenvalue weighted by Gasteiger charge is 2.12. The smallest absolute Gasteiger partial charge is 0.252 e. The van der Waals surface area contributed by atoms with Crippen LogP contribution in [0.5, 0.6) is 5.75 Å².